The quantitative estimate of drug-likeness (QED) is 0.0454. The molecule has 0 spiro atoms. The van der Waals surface area contributed by atoms with Crippen molar-refractivity contribution in [3.63, 3.8) is 0 Å². The molecule has 3 aromatic rings. The molecule has 10 N–H and O–H groups in total. The molecule has 0 aliphatic heterocycles. The van der Waals surface area contributed by atoms with E-state index in [2.05, 4.69) is 26.6 Å². The van der Waals surface area contributed by atoms with Crippen molar-refractivity contribution in [3.8, 4) is 0 Å². The smallest absolute Gasteiger partial charge is 0.374 e. The highest BCUT2D eigenvalue weighted by molar-refractivity contribution is 6.35. The van der Waals surface area contributed by atoms with Gasteiger partial charge in [-0.1, -0.05) is 91.0 Å². The molecule has 3 rings (SSSR count). The first kappa shape index (κ1) is 53.2. The van der Waals surface area contributed by atoms with Crippen LogP contribution in [0.4, 0.5) is 8.78 Å². The van der Waals surface area contributed by atoms with Gasteiger partial charge in [0.15, 0.2) is 6.04 Å². The summed E-state index contributed by atoms with van der Waals surface area (Å²) < 4.78 is 27.7. The van der Waals surface area contributed by atoms with Gasteiger partial charge in [-0.2, -0.15) is 0 Å². The topological polar surface area (TPSA) is 341 Å². The maximum atomic E-state index is 14.8. The monoisotopic (exact) mass is 938 g/mol. The van der Waals surface area contributed by atoms with Crippen LogP contribution in [0.3, 0.4) is 0 Å². The van der Waals surface area contributed by atoms with Crippen molar-refractivity contribution in [3.05, 3.63) is 108 Å². The predicted molar refractivity (Wildman–Crippen MR) is 227 cm³/mol. The van der Waals surface area contributed by atoms with E-state index in [0.717, 1.165) is 6.92 Å². The molecule has 0 aliphatic rings. The molecular formula is C44H48F2N6O15. The van der Waals surface area contributed by atoms with Crippen LogP contribution in [0.2, 0.25) is 0 Å². The number of halogens is 2. The molecule has 0 radical (unpaired) electrons. The lowest BCUT2D eigenvalue weighted by Crippen LogP contribution is -2.61. The Morgan fingerprint density at radius 2 is 0.881 bits per heavy atom. The Morgan fingerprint density at radius 1 is 0.478 bits per heavy atom. The van der Waals surface area contributed by atoms with Crippen molar-refractivity contribution >= 4 is 65.1 Å². The summed E-state index contributed by atoms with van der Waals surface area (Å²) >= 11 is 0. The molecule has 0 heterocycles. The van der Waals surface area contributed by atoms with E-state index in [-0.39, 0.29) is 0 Å². The van der Waals surface area contributed by atoms with E-state index in [1.807, 2.05) is 0 Å². The summed E-state index contributed by atoms with van der Waals surface area (Å²) in [5, 5.41) is 50.7. The summed E-state index contributed by atoms with van der Waals surface area (Å²) in [4.78, 5) is 140. The Kier molecular flexibility index (Phi) is 20.7. The normalized spacial score (nSPS) is 13.6. The van der Waals surface area contributed by atoms with Crippen LogP contribution >= 0.6 is 0 Å². The first-order chi connectivity index (χ1) is 31.7. The zero-order valence-electron chi connectivity index (χ0n) is 35.6. The Labute approximate surface area is 380 Å². The van der Waals surface area contributed by atoms with Crippen LogP contribution in [0, 0.1) is 0 Å². The number of rotatable bonds is 27. The van der Waals surface area contributed by atoms with Crippen LogP contribution in [0.15, 0.2) is 91.0 Å². The number of ketones is 1. The molecule has 67 heavy (non-hydrogen) atoms. The summed E-state index contributed by atoms with van der Waals surface area (Å²) in [5.74, 6) is -17.1. The van der Waals surface area contributed by atoms with Gasteiger partial charge in [0.2, 0.25) is 35.4 Å². The molecule has 358 valence electrons. The lowest BCUT2D eigenvalue weighted by Gasteiger charge is -2.32. The van der Waals surface area contributed by atoms with Crippen LogP contribution < -0.4 is 31.9 Å². The minimum Gasteiger partial charge on any atom is -0.481 e. The average molecular weight is 939 g/mol. The van der Waals surface area contributed by atoms with Crippen molar-refractivity contribution in [1.29, 1.82) is 0 Å². The van der Waals surface area contributed by atoms with Gasteiger partial charge in [0.05, 0.1) is 6.42 Å². The Bertz CT molecular complexity index is 2220. The van der Waals surface area contributed by atoms with Crippen molar-refractivity contribution in [2.45, 2.75) is 94.0 Å². The Balaban J connectivity index is 2.14. The number of carboxylic acid groups (broad SMARTS) is 4. The number of carbonyl (C=O) groups is 11. The highest BCUT2D eigenvalue weighted by Gasteiger charge is 2.40. The summed E-state index contributed by atoms with van der Waals surface area (Å²) in [6.07, 6.45) is -8.01. The third-order valence-corrected chi connectivity index (χ3v) is 9.82. The van der Waals surface area contributed by atoms with Gasteiger partial charge in [0.1, 0.15) is 30.2 Å². The first-order valence-corrected chi connectivity index (χ1v) is 20.3. The fraction of sp³-hybridized carbons (Fsp3) is 0.341. The number of amides is 6. The second-order valence-electron chi connectivity index (χ2n) is 14.9. The second kappa shape index (κ2) is 26.0. The number of alkyl halides is 2. The molecular weight excluding hydrogens is 891 g/mol. The maximum Gasteiger partial charge on any atom is 0.374 e. The molecule has 1 unspecified atom stereocenters. The highest BCUT2D eigenvalue weighted by Crippen LogP contribution is 2.29. The molecule has 0 aliphatic carbocycles. The second-order valence-corrected chi connectivity index (χ2v) is 14.9. The number of nitrogens with one attached hydrogen (secondary N) is 6. The molecule has 3 aromatic carbocycles. The van der Waals surface area contributed by atoms with Gasteiger partial charge in [-0.25, -0.2) is 13.6 Å². The Hall–Kier alpha value is -8.11. The van der Waals surface area contributed by atoms with Gasteiger partial charge in [-0.05, 0) is 29.5 Å². The third-order valence-electron chi connectivity index (χ3n) is 9.82. The van der Waals surface area contributed by atoms with Gasteiger partial charge in [0.25, 0.3) is 12.2 Å². The van der Waals surface area contributed by atoms with Crippen molar-refractivity contribution in [2.24, 2.45) is 0 Å². The molecule has 21 nitrogen and oxygen atoms in total. The van der Waals surface area contributed by atoms with E-state index < -0.39 is 152 Å². The van der Waals surface area contributed by atoms with Gasteiger partial charge in [0, 0.05) is 32.1 Å². The number of hydrogen-bond donors (Lipinski definition) is 10. The van der Waals surface area contributed by atoms with E-state index in [0.29, 0.717) is 16.7 Å². The van der Waals surface area contributed by atoms with Gasteiger partial charge in [-0.3, -0.25) is 47.9 Å². The number of Topliss-reactive ketones (excluding diaryl/α,β-unsaturated/α-hetero) is 1. The zero-order chi connectivity index (χ0) is 49.8. The van der Waals surface area contributed by atoms with Crippen LogP contribution in [0.1, 0.15) is 61.6 Å². The lowest BCUT2D eigenvalue weighted by molar-refractivity contribution is -0.152. The largest absolute Gasteiger partial charge is 0.481 e. The highest BCUT2D eigenvalue weighted by atomic mass is 19.3. The summed E-state index contributed by atoms with van der Waals surface area (Å²) in [7, 11) is 0. The fourth-order valence-electron chi connectivity index (χ4n) is 6.65. The van der Waals surface area contributed by atoms with Crippen LogP contribution in [0.25, 0.3) is 0 Å². The van der Waals surface area contributed by atoms with Crippen LogP contribution in [-0.4, -0.2) is 128 Å². The summed E-state index contributed by atoms with van der Waals surface area (Å²) in [6.45, 7) is 0.989. The molecule has 0 aromatic heterocycles. The standard InChI is InChI=1S/C44H48F2N6O15/c1-23(53)47-30(22-33(58)59)41(63)48-28(18-20-32(56)57)40(62)51-35(34(25-13-7-3-8-14-25)26-15-9-4-10-16-26)43(65)49-27(17-19-31(54)55)39(61)50-29(21-24-11-5-2-6-12-24)42(64)52-36(38(45)46)37(60)44(66)67/h2-16,27-30,34-36,38H,17-22H2,1H3,(H,47,53)(H,48,63)(H,49,65)(H,50,61)(H,51,62)(H,52,64)(H,54,55)(H,56,57)(H,58,59)(H,66,67)/t27-,28-,29-,30-,35-,36?/m0/s1. The molecule has 0 bridgehead atoms. The summed E-state index contributed by atoms with van der Waals surface area (Å²) in [6, 6.07) is 11.5. The SMILES string of the molecule is CC(=O)N[C@@H](CC(=O)O)C(=O)N[C@@H](CCC(=O)O)C(=O)N[C@H](C(=O)N[C@@H](CCC(=O)O)C(=O)N[C@@H](Cc1ccccc1)C(=O)NC(C(=O)C(=O)O)C(F)F)C(c1ccccc1)c1ccccc1. The van der Waals surface area contributed by atoms with Crippen LogP contribution in [0.5, 0.6) is 0 Å². The minimum atomic E-state index is -3.71. The third kappa shape index (κ3) is 17.4. The van der Waals surface area contributed by atoms with Gasteiger partial charge in [-0.15, -0.1) is 0 Å². The van der Waals surface area contributed by atoms with E-state index in [9.17, 15) is 76.8 Å². The fourth-order valence-corrected chi connectivity index (χ4v) is 6.65. The average Bonchev–Trinajstić information content (AvgIpc) is 3.27. The number of carboxylic acids is 4. The molecule has 23 heteroatoms. The summed E-state index contributed by atoms with van der Waals surface area (Å²) in [5.41, 5.74) is 1.05. The molecule has 6 atom stereocenters. The lowest BCUT2D eigenvalue weighted by atomic mass is 9.84. The van der Waals surface area contributed by atoms with E-state index >= 15 is 0 Å². The minimum absolute atomic E-state index is 0.319. The van der Waals surface area contributed by atoms with Crippen molar-refractivity contribution in [2.75, 3.05) is 0 Å². The molecule has 0 saturated heterocycles. The van der Waals surface area contributed by atoms with E-state index in [1.165, 1.54) is 24.3 Å². The van der Waals surface area contributed by atoms with Gasteiger partial charge >= 0.3 is 23.9 Å². The van der Waals surface area contributed by atoms with Crippen LogP contribution in [-0.2, 0) is 59.2 Å². The molecule has 0 saturated carbocycles. The van der Waals surface area contributed by atoms with Crippen molar-refractivity contribution in [1.82, 2.24) is 31.9 Å². The zero-order valence-corrected chi connectivity index (χ0v) is 35.6. The predicted octanol–water partition coefficient (Wildman–Crippen LogP) is 0.113. The number of aliphatic carboxylic acids is 4. The number of hydrogen-bond acceptors (Lipinski definition) is 11. The Morgan fingerprint density at radius 3 is 1.31 bits per heavy atom. The maximum absolute atomic E-state index is 14.8. The van der Waals surface area contributed by atoms with E-state index in [1.54, 1.807) is 72.0 Å². The van der Waals surface area contributed by atoms with E-state index in [4.69, 9.17) is 5.11 Å². The van der Waals surface area contributed by atoms with Crippen molar-refractivity contribution < 1.29 is 81.9 Å². The number of carbonyl (C=O) groups excluding carboxylic acids is 7. The first-order valence-electron chi connectivity index (χ1n) is 20.3. The molecule has 6 amide bonds. The number of benzene rings is 3. The van der Waals surface area contributed by atoms with Gasteiger partial charge < -0.3 is 52.3 Å². The molecule has 0 fully saturated rings.